The summed E-state index contributed by atoms with van der Waals surface area (Å²) in [5.74, 6) is 0. The maximum Gasteiger partial charge on any atom is 0.133 e. The van der Waals surface area contributed by atoms with Gasteiger partial charge < -0.3 is 14.2 Å². The molecule has 0 radical (unpaired) electrons. The van der Waals surface area contributed by atoms with Crippen LogP contribution in [0, 0.1) is 22.7 Å². The molecule has 0 spiro atoms. The molecule has 0 fully saturated rings. The number of nitrogens with zero attached hydrogens (tertiary/aromatic N) is 2. The lowest BCUT2D eigenvalue weighted by atomic mass is 10.7. The Balaban J connectivity index is 2.85. The molecule has 0 saturated carbocycles. The second-order valence-corrected chi connectivity index (χ2v) is 2.03. The Morgan fingerprint density at radius 2 is 1.08 bits per heavy atom. The van der Waals surface area contributed by atoms with Crippen LogP contribution in [0.2, 0.25) is 0 Å². The van der Waals surface area contributed by atoms with Gasteiger partial charge in [0.25, 0.3) is 0 Å². The summed E-state index contributed by atoms with van der Waals surface area (Å²) in [7, 11) is 0. The molecule has 0 aromatic rings. The van der Waals surface area contributed by atoms with Crippen LogP contribution in [-0.4, -0.2) is 39.6 Å². The highest BCUT2D eigenvalue weighted by Crippen LogP contribution is 1.79. The van der Waals surface area contributed by atoms with Crippen LogP contribution in [-0.2, 0) is 14.2 Å². The maximum atomic E-state index is 8.10. The van der Waals surface area contributed by atoms with Crippen LogP contribution in [0.4, 0.5) is 0 Å². The van der Waals surface area contributed by atoms with Crippen molar-refractivity contribution in [2.75, 3.05) is 39.6 Å². The molecular weight excluding hydrogens is 172 g/mol. The van der Waals surface area contributed by atoms with Crippen molar-refractivity contribution in [1.82, 2.24) is 0 Å². The van der Waals surface area contributed by atoms with Crippen molar-refractivity contribution in [2.24, 2.45) is 0 Å². The van der Waals surface area contributed by atoms with Gasteiger partial charge in [-0.1, -0.05) is 0 Å². The van der Waals surface area contributed by atoms with Gasteiger partial charge in [0.2, 0.25) is 0 Å². The SMILES string of the molecule is N#CCOCCOCCOCC#N. The Hall–Kier alpha value is -1.14. The molecule has 0 aliphatic heterocycles. The molecule has 0 rings (SSSR count). The second-order valence-electron chi connectivity index (χ2n) is 2.03. The molecule has 5 heteroatoms. The van der Waals surface area contributed by atoms with Gasteiger partial charge in [0.1, 0.15) is 13.2 Å². The number of ether oxygens (including phenoxy) is 3. The van der Waals surface area contributed by atoms with Crippen LogP contribution in [0.3, 0.4) is 0 Å². The van der Waals surface area contributed by atoms with E-state index in [1.165, 1.54) is 0 Å². The lowest BCUT2D eigenvalue weighted by Crippen LogP contribution is -2.09. The Morgan fingerprint density at radius 3 is 1.46 bits per heavy atom. The van der Waals surface area contributed by atoms with E-state index in [4.69, 9.17) is 24.7 Å². The fraction of sp³-hybridized carbons (Fsp3) is 0.750. The van der Waals surface area contributed by atoms with E-state index in [9.17, 15) is 0 Å². The average Bonchev–Trinajstić information content (AvgIpc) is 2.16. The summed E-state index contributed by atoms with van der Waals surface area (Å²) in [6.07, 6.45) is 0. The molecule has 0 atom stereocenters. The molecule has 0 bridgehead atoms. The Labute approximate surface area is 77.4 Å². The number of hydrogen-bond donors (Lipinski definition) is 0. The number of rotatable bonds is 8. The molecule has 0 amide bonds. The number of hydrogen-bond acceptors (Lipinski definition) is 5. The average molecular weight is 184 g/mol. The molecule has 0 saturated heterocycles. The van der Waals surface area contributed by atoms with Crippen molar-refractivity contribution in [3.63, 3.8) is 0 Å². The van der Waals surface area contributed by atoms with Crippen LogP contribution in [0.5, 0.6) is 0 Å². The third kappa shape index (κ3) is 10.9. The van der Waals surface area contributed by atoms with Gasteiger partial charge in [-0.15, -0.1) is 0 Å². The minimum atomic E-state index is 0.0916. The molecule has 0 N–H and O–H groups in total. The molecular formula is C8H12N2O3. The summed E-state index contributed by atoms with van der Waals surface area (Å²) >= 11 is 0. The Morgan fingerprint density at radius 1 is 0.692 bits per heavy atom. The van der Waals surface area contributed by atoms with E-state index in [0.29, 0.717) is 26.4 Å². The molecule has 5 nitrogen and oxygen atoms in total. The van der Waals surface area contributed by atoms with E-state index >= 15 is 0 Å². The molecule has 0 aliphatic rings. The first-order chi connectivity index (χ1) is 6.41. The largest absolute Gasteiger partial charge is 0.377 e. The summed E-state index contributed by atoms with van der Waals surface area (Å²) < 4.78 is 14.7. The fourth-order valence-electron chi connectivity index (χ4n) is 0.573. The van der Waals surface area contributed by atoms with Gasteiger partial charge in [-0.3, -0.25) is 0 Å². The van der Waals surface area contributed by atoms with Gasteiger partial charge in [0, 0.05) is 0 Å². The van der Waals surface area contributed by atoms with E-state index < -0.39 is 0 Å². The minimum Gasteiger partial charge on any atom is -0.377 e. The van der Waals surface area contributed by atoms with E-state index in [-0.39, 0.29) is 13.2 Å². The van der Waals surface area contributed by atoms with Crippen molar-refractivity contribution in [3.8, 4) is 12.1 Å². The van der Waals surface area contributed by atoms with E-state index in [1.54, 1.807) is 0 Å². The van der Waals surface area contributed by atoms with Crippen molar-refractivity contribution >= 4 is 0 Å². The standard InChI is InChI=1S/C8H12N2O3/c9-1-3-11-5-7-13-8-6-12-4-2-10/h3-8H2. The zero-order chi connectivity index (χ0) is 9.78. The predicted molar refractivity (Wildman–Crippen MR) is 43.7 cm³/mol. The van der Waals surface area contributed by atoms with Gasteiger partial charge >= 0.3 is 0 Å². The first kappa shape index (κ1) is 11.9. The zero-order valence-electron chi connectivity index (χ0n) is 7.36. The number of nitriles is 2. The molecule has 0 aliphatic carbocycles. The van der Waals surface area contributed by atoms with Crippen molar-refractivity contribution in [2.45, 2.75) is 0 Å². The van der Waals surface area contributed by atoms with Crippen LogP contribution >= 0.6 is 0 Å². The van der Waals surface area contributed by atoms with Gasteiger partial charge in [0.05, 0.1) is 38.6 Å². The molecule has 0 aromatic heterocycles. The monoisotopic (exact) mass is 184 g/mol. The second kappa shape index (κ2) is 10.9. The molecule has 13 heavy (non-hydrogen) atoms. The topological polar surface area (TPSA) is 75.3 Å². The third-order valence-electron chi connectivity index (χ3n) is 1.08. The van der Waals surface area contributed by atoms with Gasteiger partial charge in [-0.2, -0.15) is 10.5 Å². The normalized spacial score (nSPS) is 9.08. The quantitative estimate of drug-likeness (QED) is 0.499. The molecule has 0 aromatic carbocycles. The Kier molecular flexibility index (Phi) is 9.91. The van der Waals surface area contributed by atoms with Crippen LogP contribution in [0.25, 0.3) is 0 Å². The first-order valence-corrected chi connectivity index (χ1v) is 3.89. The summed E-state index contributed by atoms with van der Waals surface area (Å²) in [5.41, 5.74) is 0. The van der Waals surface area contributed by atoms with Crippen molar-refractivity contribution in [1.29, 1.82) is 10.5 Å². The minimum absolute atomic E-state index is 0.0916. The highest BCUT2D eigenvalue weighted by atomic mass is 16.5. The summed E-state index contributed by atoms with van der Waals surface area (Å²) in [4.78, 5) is 0. The van der Waals surface area contributed by atoms with Gasteiger partial charge in [0.15, 0.2) is 0 Å². The van der Waals surface area contributed by atoms with Crippen molar-refractivity contribution < 1.29 is 14.2 Å². The van der Waals surface area contributed by atoms with Gasteiger partial charge in [-0.05, 0) is 0 Å². The zero-order valence-corrected chi connectivity index (χ0v) is 7.36. The van der Waals surface area contributed by atoms with E-state index in [1.807, 2.05) is 12.1 Å². The lowest BCUT2D eigenvalue weighted by molar-refractivity contribution is 0.0266. The summed E-state index contributed by atoms with van der Waals surface area (Å²) in [6.45, 7) is 1.88. The van der Waals surface area contributed by atoms with E-state index in [0.717, 1.165) is 0 Å². The Bertz CT molecular complexity index is 163. The molecule has 72 valence electrons. The highest BCUT2D eigenvalue weighted by molar-refractivity contribution is 4.66. The smallest absolute Gasteiger partial charge is 0.133 e. The molecule has 0 heterocycles. The first-order valence-electron chi connectivity index (χ1n) is 3.89. The lowest BCUT2D eigenvalue weighted by Gasteiger charge is -2.02. The maximum absolute atomic E-state index is 8.10. The van der Waals surface area contributed by atoms with Crippen LogP contribution in [0.1, 0.15) is 0 Å². The predicted octanol–water partition coefficient (Wildman–Crippen LogP) is 0.0834. The third-order valence-corrected chi connectivity index (χ3v) is 1.08. The summed E-state index contributed by atoms with van der Waals surface area (Å²) in [5, 5.41) is 16.2. The van der Waals surface area contributed by atoms with Crippen molar-refractivity contribution in [3.05, 3.63) is 0 Å². The molecule has 0 unspecified atom stereocenters. The van der Waals surface area contributed by atoms with Crippen LogP contribution in [0.15, 0.2) is 0 Å². The highest BCUT2D eigenvalue weighted by Gasteiger charge is 1.89. The van der Waals surface area contributed by atoms with E-state index in [2.05, 4.69) is 0 Å². The summed E-state index contributed by atoms with van der Waals surface area (Å²) in [6, 6.07) is 3.70. The van der Waals surface area contributed by atoms with Gasteiger partial charge in [-0.25, -0.2) is 0 Å². The fourth-order valence-corrected chi connectivity index (χ4v) is 0.573. The van der Waals surface area contributed by atoms with Crippen LogP contribution < -0.4 is 0 Å².